The number of dihydropyridines is 1. The Labute approximate surface area is 202 Å². The van der Waals surface area contributed by atoms with Crippen molar-refractivity contribution in [2.45, 2.75) is 39.8 Å². The maximum absolute atomic E-state index is 12.8. The molecule has 0 aliphatic carbocycles. The zero-order chi connectivity index (χ0) is 25.5. The number of hydrogen-bond acceptors (Lipinski definition) is 10. The van der Waals surface area contributed by atoms with Crippen LogP contribution in [0, 0.1) is 0 Å². The molecule has 0 unspecified atom stereocenters. The van der Waals surface area contributed by atoms with Crippen LogP contribution in [-0.4, -0.2) is 53.7 Å². The molecule has 0 spiro atoms. The van der Waals surface area contributed by atoms with Crippen molar-refractivity contribution < 1.29 is 33.3 Å². The number of para-hydroxylation sites is 1. The third-order valence-corrected chi connectivity index (χ3v) is 5.46. The van der Waals surface area contributed by atoms with E-state index in [-0.39, 0.29) is 30.9 Å². The summed E-state index contributed by atoms with van der Waals surface area (Å²) in [5, 5.41) is 10.8. The molecule has 0 bridgehead atoms. The van der Waals surface area contributed by atoms with Crippen LogP contribution >= 0.6 is 0 Å². The Bertz CT molecular complexity index is 1140. The number of carbonyl (C=O) groups excluding carboxylic acids is 3. The van der Waals surface area contributed by atoms with Crippen LogP contribution in [-0.2, 0) is 41.7 Å². The van der Waals surface area contributed by atoms with Gasteiger partial charge in [0.15, 0.2) is 0 Å². The SMILES string of the molecule is CCOC(=O)Cn1nncc1COc1ccccc1C1C(C(=O)OC)=C(C)NC(C)=C1C(=O)OC. The molecule has 3 rings (SSSR count). The van der Waals surface area contributed by atoms with Gasteiger partial charge in [0.1, 0.15) is 18.9 Å². The fraction of sp³-hybridized carbons (Fsp3) is 0.375. The summed E-state index contributed by atoms with van der Waals surface area (Å²) < 4.78 is 22.5. The number of ether oxygens (including phenoxy) is 4. The van der Waals surface area contributed by atoms with Gasteiger partial charge in [-0.1, -0.05) is 23.4 Å². The van der Waals surface area contributed by atoms with Gasteiger partial charge in [-0.15, -0.1) is 5.10 Å². The van der Waals surface area contributed by atoms with Gasteiger partial charge in [-0.2, -0.15) is 0 Å². The van der Waals surface area contributed by atoms with Crippen molar-refractivity contribution >= 4 is 17.9 Å². The molecular weight excluding hydrogens is 456 g/mol. The molecule has 1 N–H and O–H groups in total. The number of esters is 3. The molecule has 1 aliphatic rings. The Morgan fingerprint density at radius 1 is 1.03 bits per heavy atom. The summed E-state index contributed by atoms with van der Waals surface area (Å²) in [7, 11) is 2.56. The van der Waals surface area contributed by atoms with Gasteiger partial charge in [-0.25, -0.2) is 14.3 Å². The summed E-state index contributed by atoms with van der Waals surface area (Å²) in [5.74, 6) is -1.98. The molecule has 0 saturated carbocycles. The first kappa shape index (κ1) is 25.5. The van der Waals surface area contributed by atoms with Crippen LogP contribution < -0.4 is 10.1 Å². The van der Waals surface area contributed by atoms with Crippen molar-refractivity contribution in [3.8, 4) is 5.75 Å². The van der Waals surface area contributed by atoms with Gasteiger partial charge in [0.2, 0.25) is 0 Å². The van der Waals surface area contributed by atoms with Crippen molar-refractivity contribution in [2.75, 3.05) is 20.8 Å². The average Bonchev–Trinajstić information content (AvgIpc) is 3.28. The van der Waals surface area contributed by atoms with Crippen molar-refractivity contribution in [1.82, 2.24) is 20.3 Å². The monoisotopic (exact) mass is 484 g/mol. The van der Waals surface area contributed by atoms with Crippen molar-refractivity contribution in [3.63, 3.8) is 0 Å². The van der Waals surface area contributed by atoms with E-state index in [0.717, 1.165) is 0 Å². The van der Waals surface area contributed by atoms with Gasteiger partial charge < -0.3 is 24.3 Å². The third-order valence-electron chi connectivity index (χ3n) is 5.46. The third kappa shape index (κ3) is 5.51. The summed E-state index contributed by atoms with van der Waals surface area (Å²) in [4.78, 5) is 37.4. The van der Waals surface area contributed by atoms with Crippen LogP contribution in [0.4, 0.5) is 0 Å². The Kier molecular flexibility index (Phi) is 8.24. The normalized spacial score (nSPS) is 13.9. The number of benzene rings is 1. The fourth-order valence-corrected chi connectivity index (χ4v) is 3.92. The second-order valence-electron chi connectivity index (χ2n) is 7.63. The number of rotatable bonds is 9. The number of carbonyl (C=O) groups is 3. The summed E-state index contributed by atoms with van der Waals surface area (Å²) >= 11 is 0. The van der Waals surface area contributed by atoms with Crippen LogP contribution in [0.5, 0.6) is 5.75 Å². The topological polar surface area (TPSA) is 131 Å². The van der Waals surface area contributed by atoms with Gasteiger partial charge in [-0.05, 0) is 26.8 Å². The summed E-state index contributed by atoms with van der Waals surface area (Å²) in [5.41, 5.74) is 2.75. The highest BCUT2D eigenvalue weighted by Gasteiger charge is 2.39. The van der Waals surface area contributed by atoms with E-state index in [9.17, 15) is 14.4 Å². The molecule has 2 aromatic rings. The minimum absolute atomic E-state index is 0.0287. The summed E-state index contributed by atoms with van der Waals surface area (Å²) in [6, 6.07) is 7.05. The van der Waals surface area contributed by atoms with Crippen molar-refractivity contribution in [2.24, 2.45) is 0 Å². The first-order valence-corrected chi connectivity index (χ1v) is 10.9. The summed E-state index contributed by atoms with van der Waals surface area (Å²) in [6.45, 7) is 5.37. The van der Waals surface area contributed by atoms with E-state index in [1.165, 1.54) is 25.1 Å². The molecule has 11 nitrogen and oxygen atoms in total. The van der Waals surface area contributed by atoms with Crippen LogP contribution in [0.15, 0.2) is 53.0 Å². The minimum Gasteiger partial charge on any atom is -0.487 e. The lowest BCUT2D eigenvalue weighted by atomic mass is 9.80. The maximum atomic E-state index is 12.8. The number of nitrogens with zero attached hydrogens (tertiary/aromatic N) is 3. The quantitative estimate of drug-likeness (QED) is 0.416. The van der Waals surface area contributed by atoms with E-state index in [1.807, 2.05) is 0 Å². The summed E-state index contributed by atoms with van der Waals surface area (Å²) in [6.07, 6.45) is 1.49. The Morgan fingerprint density at radius 3 is 2.26 bits per heavy atom. The van der Waals surface area contributed by atoms with Crippen LogP contribution in [0.25, 0.3) is 0 Å². The number of nitrogens with one attached hydrogen (secondary N) is 1. The molecule has 35 heavy (non-hydrogen) atoms. The first-order valence-electron chi connectivity index (χ1n) is 10.9. The van der Waals surface area contributed by atoms with Crippen LogP contribution in [0.3, 0.4) is 0 Å². The molecular formula is C24H28N4O7. The van der Waals surface area contributed by atoms with E-state index < -0.39 is 23.8 Å². The minimum atomic E-state index is -0.796. The predicted octanol–water partition coefficient (Wildman–Crippen LogP) is 2.00. The van der Waals surface area contributed by atoms with E-state index in [0.29, 0.717) is 28.4 Å². The molecule has 11 heteroatoms. The molecule has 1 aliphatic heterocycles. The zero-order valence-electron chi connectivity index (χ0n) is 20.3. The van der Waals surface area contributed by atoms with E-state index in [2.05, 4.69) is 15.6 Å². The highest BCUT2D eigenvalue weighted by Crippen LogP contribution is 2.42. The average molecular weight is 485 g/mol. The predicted molar refractivity (Wildman–Crippen MR) is 123 cm³/mol. The smallest absolute Gasteiger partial charge is 0.336 e. The Morgan fingerprint density at radius 2 is 1.66 bits per heavy atom. The number of aromatic nitrogens is 3. The second-order valence-corrected chi connectivity index (χ2v) is 7.63. The van der Waals surface area contributed by atoms with E-state index in [1.54, 1.807) is 45.0 Å². The molecule has 0 amide bonds. The largest absolute Gasteiger partial charge is 0.487 e. The maximum Gasteiger partial charge on any atom is 0.336 e. The van der Waals surface area contributed by atoms with Gasteiger partial charge in [-0.3, -0.25) is 4.79 Å². The number of allylic oxidation sites excluding steroid dienone is 2. The standard InChI is InChI=1S/C24H28N4O7/c1-6-34-19(29)12-28-16(11-25-27-28)13-35-18-10-8-7-9-17(18)22-20(23(30)32-4)14(2)26-15(3)21(22)24(31)33-5/h7-11,22,26H,6,12-13H2,1-5H3. The highest BCUT2D eigenvalue weighted by molar-refractivity contribution is 6.00. The first-order chi connectivity index (χ1) is 16.8. The highest BCUT2D eigenvalue weighted by atomic mass is 16.5. The molecule has 0 saturated heterocycles. The van der Waals surface area contributed by atoms with Gasteiger partial charge >= 0.3 is 17.9 Å². The molecule has 0 radical (unpaired) electrons. The van der Waals surface area contributed by atoms with E-state index in [4.69, 9.17) is 18.9 Å². The number of methoxy groups -OCH3 is 2. The van der Waals surface area contributed by atoms with Gasteiger partial charge in [0.25, 0.3) is 0 Å². The molecule has 186 valence electrons. The molecule has 1 aromatic carbocycles. The molecule has 0 fully saturated rings. The van der Waals surface area contributed by atoms with Crippen molar-refractivity contribution in [3.05, 3.63) is 64.3 Å². The Hall–Kier alpha value is -4.15. The van der Waals surface area contributed by atoms with Gasteiger partial charge in [0, 0.05) is 17.0 Å². The fourth-order valence-electron chi connectivity index (χ4n) is 3.92. The lowest BCUT2D eigenvalue weighted by Gasteiger charge is -2.31. The number of hydrogen-bond donors (Lipinski definition) is 1. The molecule has 2 heterocycles. The lowest BCUT2D eigenvalue weighted by molar-refractivity contribution is -0.144. The van der Waals surface area contributed by atoms with Crippen molar-refractivity contribution in [1.29, 1.82) is 0 Å². The van der Waals surface area contributed by atoms with Crippen LogP contribution in [0.2, 0.25) is 0 Å². The zero-order valence-corrected chi connectivity index (χ0v) is 20.3. The van der Waals surface area contributed by atoms with E-state index >= 15 is 0 Å². The van der Waals surface area contributed by atoms with Gasteiger partial charge in [0.05, 0.1) is 49.8 Å². The Balaban J connectivity index is 1.99. The molecule has 0 atom stereocenters. The second kappa shape index (κ2) is 11.3. The molecule has 1 aromatic heterocycles. The lowest BCUT2D eigenvalue weighted by Crippen LogP contribution is -2.32. The van der Waals surface area contributed by atoms with Crippen LogP contribution in [0.1, 0.15) is 37.9 Å².